The van der Waals surface area contributed by atoms with Gasteiger partial charge in [-0.25, -0.2) is 4.79 Å². The van der Waals surface area contributed by atoms with Crippen LogP contribution < -0.4 is 5.32 Å². The number of amides is 1. The predicted molar refractivity (Wildman–Crippen MR) is 80.1 cm³/mol. The van der Waals surface area contributed by atoms with Crippen molar-refractivity contribution in [3.63, 3.8) is 0 Å². The fraction of sp³-hybridized carbons (Fsp3) is 0.500. The Balaban J connectivity index is 2.36. The zero-order valence-electron chi connectivity index (χ0n) is 13.1. The maximum absolute atomic E-state index is 11.5. The maximum Gasteiger partial charge on any atom is 0.407 e. The van der Waals surface area contributed by atoms with Crippen LogP contribution in [0.1, 0.15) is 31.9 Å². The van der Waals surface area contributed by atoms with Crippen molar-refractivity contribution in [2.75, 3.05) is 13.7 Å². The van der Waals surface area contributed by atoms with Gasteiger partial charge in [0.2, 0.25) is 0 Å². The second-order valence-electron chi connectivity index (χ2n) is 5.75. The maximum atomic E-state index is 11.5. The third-order valence-corrected chi connectivity index (χ3v) is 2.68. The Hall–Kier alpha value is -2.04. The lowest BCUT2D eigenvalue weighted by molar-refractivity contribution is -0.139. The summed E-state index contributed by atoms with van der Waals surface area (Å²) in [6.45, 7) is 5.98. The third kappa shape index (κ3) is 7.34. The number of alkyl carbamates (subject to hydrolysis) is 1. The molecule has 0 heterocycles. The number of carbonyl (C=O) groups is 2. The van der Waals surface area contributed by atoms with E-state index in [1.807, 2.05) is 45.0 Å². The zero-order chi connectivity index (χ0) is 15.9. The Morgan fingerprint density at radius 2 is 1.67 bits per heavy atom. The molecule has 0 aromatic heterocycles. The number of hydrogen-bond acceptors (Lipinski definition) is 4. The van der Waals surface area contributed by atoms with Crippen LogP contribution in [-0.2, 0) is 27.1 Å². The molecule has 5 heteroatoms. The number of carbonyl (C=O) groups excluding carboxylic acids is 2. The van der Waals surface area contributed by atoms with Crippen molar-refractivity contribution in [3.8, 4) is 0 Å². The minimum absolute atomic E-state index is 0.255. The topological polar surface area (TPSA) is 64.6 Å². The number of hydrogen-bond donors (Lipinski definition) is 1. The molecule has 0 fully saturated rings. The Bertz CT molecular complexity index is 474. The van der Waals surface area contributed by atoms with Gasteiger partial charge in [0, 0.05) is 6.54 Å². The SMILES string of the molecule is COC(=O)Cc1ccc(CCNC(=O)OC(C)(C)C)cc1. The van der Waals surface area contributed by atoms with E-state index in [0.29, 0.717) is 13.0 Å². The van der Waals surface area contributed by atoms with Crippen molar-refractivity contribution in [1.29, 1.82) is 0 Å². The zero-order valence-corrected chi connectivity index (χ0v) is 13.1. The van der Waals surface area contributed by atoms with Gasteiger partial charge in [-0.1, -0.05) is 24.3 Å². The lowest BCUT2D eigenvalue weighted by atomic mass is 10.1. The van der Waals surface area contributed by atoms with Gasteiger partial charge >= 0.3 is 12.1 Å². The molecule has 0 aliphatic carbocycles. The average molecular weight is 293 g/mol. The van der Waals surface area contributed by atoms with Crippen LogP contribution in [0.25, 0.3) is 0 Å². The standard InChI is InChI=1S/C16H23NO4/c1-16(2,3)21-15(19)17-10-9-12-5-7-13(8-6-12)11-14(18)20-4/h5-8H,9-11H2,1-4H3,(H,17,19). The van der Waals surface area contributed by atoms with Gasteiger partial charge < -0.3 is 14.8 Å². The van der Waals surface area contributed by atoms with E-state index in [9.17, 15) is 9.59 Å². The van der Waals surface area contributed by atoms with Crippen molar-refractivity contribution in [1.82, 2.24) is 5.32 Å². The van der Waals surface area contributed by atoms with Crippen LogP contribution in [0.15, 0.2) is 24.3 Å². The molecule has 116 valence electrons. The second kappa shape index (κ2) is 7.67. The fourth-order valence-corrected chi connectivity index (χ4v) is 1.69. The summed E-state index contributed by atoms with van der Waals surface area (Å²) in [5.74, 6) is -0.255. The van der Waals surface area contributed by atoms with Gasteiger partial charge in [-0.2, -0.15) is 0 Å². The lowest BCUT2D eigenvalue weighted by Gasteiger charge is -2.19. The number of ether oxygens (including phenoxy) is 2. The minimum Gasteiger partial charge on any atom is -0.469 e. The normalized spacial score (nSPS) is 10.9. The largest absolute Gasteiger partial charge is 0.469 e. The Morgan fingerprint density at radius 3 is 2.19 bits per heavy atom. The Morgan fingerprint density at radius 1 is 1.10 bits per heavy atom. The van der Waals surface area contributed by atoms with Crippen LogP contribution in [-0.4, -0.2) is 31.3 Å². The summed E-state index contributed by atoms with van der Waals surface area (Å²) in [5, 5.41) is 2.71. The van der Waals surface area contributed by atoms with Crippen molar-refractivity contribution in [2.45, 2.75) is 39.2 Å². The quantitative estimate of drug-likeness (QED) is 0.847. The van der Waals surface area contributed by atoms with Crippen molar-refractivity contribution < 1.29 is 19.1 Å². The number of methoxy groups -OCH3 is 1. The van der Waals surface area contributed by atoms with E-state index in [1.165, 1.54) is 7.11 Å². The van der Waals surface area contributed by atoms with Gasteiger partial charge in [0.25, 0.3) is 0 Å². The first kappa shape index (κ1) is 17.0. The van der Waals surface area contributed by atoms with E-state index < -0.39 is 11.7 Å². The molecular formula is C16H23NO4. The van der Waals surface area contributed by atoms with E-state index in [1.54, 1.807) is 0 Å². The second-order valence-corrected chi connectivity index (χ2v) is 5.75. The van der Waals surface area contributed by atoms with Gasteiger partial charge in [0.05, 0.1) is 13.5 Å². The predicted octanol–water partition coefficient (Wildman–Crippen LogP) is 2.47. The monoisotopic (exact) mass is 293 g/mol. The lowest BCUT2D eigenvalue weighted by Crippen LogP contribution is -2.33. The molecule has 0 aliphatic heterocycles. The summed E-state index contributed by atoms with van der Waals surface area (Å²) in [5.41, 5.74) is 1.50. The molecule has 0 unspecified atom stereocenters. The fourth-order valence-electron chi connectivity index (χ4n) is 1.69. The molecule has 0 radical (unpaired) electrons. The van der Waals surface area contributed by atoms with Crippen LogP contribution in [0, 0.1) is 0 Å². The smallest absolute Gasteiger partial charge is 0.407 e. The van der Waals surface area contributed by atoms with E-state index in [4.69, 9.17) is 4.74 Å². The highest BCUT2D eigenvalue weighted by atomic mass is 16.6. The molecular weight excluding hydrogens is 270 g/mol. The molecule has 0 spiro atoms. The van der Waals surface area contributed by atoms with Crippen LogP contribution in [0.3, 0.4) is 0 Å². The first-order chi connectivity index (χ1) is 9.80. The van der Waals surface area contributed by atoms with Gasteiger partial charge in [-0.05, 0) is 38.3 Å². The molecule has 1 N–H and O–H groups in total. The molecule has 1 aromatic carbocycles. The highest BCUT2D eigenvalue weighted by Crippen LogP contribution is 2.08. The van der Waals surface area contributed by atoms with Crippen molar-refractivity contribution >= 4 is 12.1 Å². The number of nitrogens with one attached hydrogen (secondary N) is 1. The van der Waals surface area contributed by atoms with Gasteiger partial charge in [-0.3, -0.25) is 4.79 Å². The van der Waals surface area contributed by atoms with E-state index in [2.05, 4.69) is 10.1 Å². The molecule has 0 atom stereocenters. The summed E-state index contributed by atoms with van der Waals surface area (Å²) in [7, 11) is 1.37. The molecule has 0 aliphatic rings. The highest BCUT2D eigenvalue weighted by Gasteiger charge is 2.15. The first-order valence-corrected chi connectivity index (χ1v) is 6.91. The Kier molecular flexibility index (Phi) is 6.21. The van der Waals surface area contributed by atoms with E-state index >= 15 is 0 Å². The summed E-state index contributed by atoms with van der Waals surface area (Å²) in [4.78, 5) is 22.6. The summed E-state index contributed by atoms with van der Waals surface area (Å²) in [6, 6.07) is 7.66. The number of rotatable bonds is 5. The van der Waals surface area contributed by atoms with E-state index in [0.717, 1.165) is 11.1 Å². The van der Waals surface area contributed by atoms with Gasteiger partial charge in [0.15, 0.2) is 0 Å². The van der Waals surface area contributed by atoms with Crippen molar-refractivity contribution in [3.05, 3.63) is 35.4 Å². The molecule has 5 nitrogen and oxygen atoms in total. The molecule has 0 saturated carbocycles. The van der Waals surface area contributed by atoms with Gasteiger partial charge in [-0.15, -0.1) is 0 Å². The minimum atomic E-state index is -0.486. The van der Waals surface area contributed by atoms with Crippen LogP contribution in [0.5, 0.6) is 0 Å². The molecule has 0 saturated heterocycles. The Labute approximate surface area is 125 Å². The highest BCUT2D eigenvalue weighted by molar-refractivity contribution is 5.72. The third-order valence-electron chi connectivity index (χ3n) is 2.68. The summed E-state index contributed by atoms with van der Waals surface area (Å²) < 4.78 is 9.76. The number of esters is 1. The van der Waals surface area contributed by atoms with Crippen LogP contribution in [0.4, 0.5) is 4.79 Å². The molecule has 0 bridgehead atoms. The average Bonchev–Trinajstić information content (AvgIpc) is 2.38. The van der Waals surface area contributed by atoms with E-state index in [-0.39, 0.29) is 12.4 Å². The molecule has 21 heavy (non-hydrogen) atoms. The van der Waals surface area contributed by atoms with Crippen molar-refractivity contribution in [2.24, 2.45) is 0 Å². The van der Waals surface area contributed by atoms with Crippen LogP contribution in [0.2, 0.25) is 0 Å². The molecule has 1 aromatic rings. The molecule has 1 amide bonds. The summed E-state index contributed by atoms with van der Waals surface area (Å²) in [6.07, 6.45) is 0.565. The van der Waals surface area contributed by atoms with Gasteiger partial charge in [0.1, 0.15) is 5.60 Å². The summed E-state index contributed by atoms with van der Waals surface area (Å²) >= 11 is 0. The van der Waals surface area contributed by atoms with Crippen LogP contribution >= 0.6 is 0 Å². The number of benzene rings is 1. The first-order valence-electron chi connectivity index (χ1n) is 6.91. The molecule has 1 rings (SSSR count).